The molecule has 0 aliphatic heterocycles. The fraction of sp³-hybridized carbons (Fsp3) is 0.200. The summed E-state index contributed by atoms with van der Waals surface area (Å²) >= 11 is 3.07. The van der Waals surface area contributed by atoms with Crippen molar-refractivity contribution in [3.05, 3.63) is 27.9 Å². The fourth-order valence-corrected chi connectivity index (χ4v) is 2.64. The van der Waals surface area contributed by atoms with Gasteiger partial charge in [0.15, 0.2) is 0 Å². The second-order valence-electron chi connectivity index (χ2n) is 3.04. The minimum atomic E-state index is -0.236. The molecule has 0 aliphatic carbocycles. The molecule has 0 fully saturated rings. The summed E-state index contributed by atoms with van der Waals surface area (Å²) in [6.07, 6.45) is 0. The molecule has 0 bridgehead atoms. The molecule has 4 nitrogen and oxygen atoms in total. The summed E-state index contributed by atoms with van der Waals surface area (Å²) in [6.45, 7) is 0. The Balaban J connectivity index is 2.23. The van der Waals surface area contributed by atoms with Crippen LogP contribution in [0.1, 0.15) is 10.5 Å². The highest BCUT2D eigenvalue weighted by Gasteiger charge is 2.15. The Morgan fingerprint density at radius 3 is 2.94 bits per heavy atom. The molecule has 0 spiro atoms. The number of hydrogen-bond acceptors (Lipinski definition) is 5. The zero-order valence-electron chi connectivity index (χ0n) is 8.84. The molecule has 84 valence electrons. The Morgan fingerprint density at radius 1 is 1.50 bits per heavy atom. The van der Waals surface area contributed by atoms with Gasteiger partial charge in [-0.15, -0.1) is 11.3 Å². The molecular formula is C10H10N2O2S2. The molecule has 16 heavy (non-hydrogen) atoms. The Bertz CT molecular complexity index is 479. The summed E-state index contributed by atoms with van der Waals surface area (Å²) in [4.78, 5) is 20.8. The SMILES string of the molecule is CON(C)C(=O)c1csc(-c2ccsc2)n1. The number of carbonyl (C=O) groups is 1. The van der Waals surface area contributed by atoms with Crippen LogP contribution in [0.25, 0.3) is 10.6 Å². The van der Waals surface area contributed by atoms with Crippen LogP contribution in [0.15, 0.2) is 22.2 Å². The number of aromatic nitrogens is 1. The van der Waals surface area contributed by atoms with Crippen LogP contribution >= 0.6 is 22.7 Å². The van der Waals surface area contributed by atoms with Crippen LogP contribution in [0.4, 0.5) is 0 Å². The first kappa shape index (κ1) is 11.3. The molecule has 0 N–H and O–H groups in total. The largest absolute Gasteiger partial charge is 0.296 e. The van der Waals surface area contributed by atoms with Crippen molar-refractivity contribution < 1.29 is 9.63 Å². The van der Waals surface area contributed by atoms with Gasteiger partial charge in [-0.1, -0.05) is 0 Å². The van der Waals surface area contributed by atoms with Crippen LogP contribution in [0.3, 0.4) is 0 Å². The lowest BCUT2D eigenvalue weighted by atomic mass is 10.3. The van der Waals surface area contributed by atoms with Gasteiger partial charge in [0.2, 0.25) is 0 Å². The van der Waals surface area contributed by atoms with Crippen LogP contribution in [-0.4, -0.2) is 30.1 Å². The van der Waals surface area contributed by atoms with E-state index < -0.39 is 0 Å². The van der Waals surface area contributed by atoms with E-state index in [1.165, 1.54) is 18.4 Å². The molecule has 0 aromatic carbocycles. The number of amides is 1. The van der Waals surface area contributed by atoms with Crippen molar-refractivity contribution in [2.45, 2.75) is 0 Å². The number of nitrogens with zero attached hydrogens (tertiary/aromatic N) is 2. The molecule has 2 heterocycles. The van der Waals surface area contributed by atoms with Crippen molar-refractivity contribution in [3.8, 4) is 10.6 Å². The van der Waals surface area contributed by atoms with Crippen molar-refractivity contribution in [2.24, 2.45) is 0 Å². The van der Waals surface area contributed by atoms with Gasteiger partial charge in [0.25, 0.3) is 5.91 Å². The lowest BCUT2D eigenvalue weighted by Gasteiger charge is -2.10. The van der Waals surface area contributed by atoms with Crippen molar-refractivity contribution >= 4 is 28.6 Å². The summed E-state index contributed by atoms with van der Waals surface area (Å²) in [5.41, 5.74) is 1.46. The lowest BCUT2D eigenvalue weighted by molar-refractivity contribution is -0.0760. The number of rotatable bonds is 3. The molecule has 2 rings (SSSR count). The first-order valence-electron chi connectivity index (χ1n) is 4.52. The second kappa shape index (κ2) is 4.73. The Morgan fingerprint density at radius 2 is 2.31 bits per heavy atom. The van der Waals surface area contributed by atoms with Crippen LogP contribution in [0.5, 0.6) is 0 Å². The first-order valence-corrected chi connectivity index (χ1v) is 6.35. The van der Waals surface area contributed by atoms with Crippen LogP contribution < -0.4 is 0 Å². The standard InChI is InChI=1S/C10H10N2O2S2/c1-12(14-2)10(13)8-6-16-9(11-8)7-3-4-15-5-7/h3-6H,1-2H3. The van der Waals surface area contributed by atoms with Gasteiger partial charge in [0, 0.05) is 23.4 Å². The molecule has 0 unspecified atom stereocenters. The predicted molar refractivity (Wildman–Crippen MR) is 64.5 cm³/mol. The van der Waals surface area contributed by atoms with Gasteiger partial charge >= 0.3 is 0 Å². The Kier molecular flexibility index (Phi) is 3.33. The van der Waals surface area contributed by atoms with E-state index in [9.17, 15) is 4.79 Å². The highest BCUT2D eigenvalue weighted by atomic mass is 32.1. The topological polar surface area (TPSA) is 42.4 Å². The van der Waals surface area contributed by atoms with Crippen molar-refractivity contribution in [2.75, 3.05) is 14.2 Å². The average molecular weight is 254 g/mol. The van der Waals surface area contributed by atoms with Gasteiger partial charge in [0.05, 0.1) is 7.11 Å². The number of hydrogen-bond donors (Lipinski definition) is 0. The van der Waals surface area contributed by atoms with Crippen molar-refractivity contribution in [1.82, 2.24) is 10.0 Å². The zero-order valence-corrected chi connectivity index (χ0v) is 10.5. The molecule has 0 saturated heterocycles. The smallest absolute Gasteiger partial charge is 0.274 e. The van der Waals surface area contributed by atoms with E-state index in [-0.39, 0.29) is 5.91 Å². The summed E-state index contributed by atoms with van der Waals surface area (Å²) in [6, 6.07) is 1.98. The normalized spacial score (nSPS) is 10.4. The van der Waals surface area contributed by atoms with Crippen LogP contribution in [0.2, 0.25) is 0 Å². The lowest BCUT2D eigenvalue weighted by Crippen LogP contribution is -2.25. The Labute approximate surface area is 101 Å². The van der Waals surface area contributed by atoms with E-state index in [4.69, 9.17) is 4.84 Å². The third kappa shape index (κ3) is 2.13. The number of carbonyl (C=O) groups excluding carboxylic acids is 1. The minimum Gasteiger partial charge on any atom is -0.274 e. The molecule has 2 aromatic heterocycles. The van der Waals surface area contributed by atoms with E-state index in [1.54, 1.807) is 23.8 Å². The number of hydroxylamine groups is 2. The molecule has 0 atom stereocenters. The highest BCUT2D eigenvalue weighted by molar-refractivity contribution is 7.14. The monoisotopic (exact) mass is 254 g/mol. The number of thiazole rings is 1. The first-order chi connectivity index (χ1) is 7.72. The van der Waals surface area contributed by atoms with E-state index in [1.807, 2.05) is 16.8 Å². The van der Waals surface area contributed by atoms with Gasteiger partial charge in [-0.05, 0) is 11.4 Å². The third-order valence-corrected chi connectivity index (χ3v) is 3.63. The maximum Gasteiger partial charge on any atom is 0.296 e. The maximum atomic E-state index is 11.7. The van der Waals surface area contributed by atoms with Crippen molar-refractivity contribution in [3.63, 3.8) is 0 Å². The Hall–Kier alpha value is -1.24. The third-order valence-electron chi connectivity index (χ3n) is 2.05. The molecule has 6 heteroatoms. The van der Waals surface area contributed by atoms with E-state index in [0.717, 1.165) is 15.6 Å². The molecule has 0 radical (unpaired) electrons. The average Bonchev–Trinajstić information content (AvgIpc) is 2.96. The second-order valence-corrected chi connectivity index (χ2v) is 4.67. The predicted octanol–water partition coefficient (Wildman–Crippen LogP) is 2.51. The van der Waals surface area contributed by atoms with Gasteiger partial charge in [-0.2, -0.15) is 11.3 Å². The van der Waals surface area contributed by atoms with E-state index in [0.29, 0.717) is 5.69 Å². The molecule has 0 saturated carbocycles. The van der Waals surface area contributed by atoms with Crippen LogP contribution in [0, 0.1) is 0 Å². The van der Waals surface area contributed by atoms with E-state index in [2.05, 4.69) is 4.98 Å². The minimum absolute atomic E-state index is 0.236. The van der Waals surface area contributed by atoms with Gasteiger partial charge < -0.3 is 0 Å². The van der Waals surface area contributed by atoms with Gasteiger partial charge in [0.1, 0.15) is 10.7 Å². The fourth-order valence-electron chi connectivity index (χ4n) is 1.13. The van der Waals surface area contributed by atoms with Gasteiger partial charge in [-0.25, -0.2) is 10.0 Å². The molecule has 2 aromatic rings. The molecule has 1 amide bonds. The molecular weight excluding hydrogens is 244 g/mol. The summed E-state index contributed by atoms with van der Waals surface area (Å²) < 4.78 is 0. The summed E-state index contributed by atoms with van der Waals surface area (Å²) in [5, 5.41) is 7.75. The highest BCUT2D eigenvalue weighted by Crippen LogP contribution is 2.25. The van der Waals surface area contributed by atoms with Crippen molar-refractivity contribution in [1.29, 1.82) is 0 Å². The van der Waals surface area contributed by atoms with Crippen LogP contribution in [-0.2, 0) is 4.84 Å². The quantitative estimate of drug-likeness (QED) is 0.790. The summed E-state index contributed by atoms with van der Waals surface area (Å²) in [7, 11) is 3.01. The molecule has 0 aliphatic rings. The number of thiophene rings is 1. The van der Waals surface area contributed by atoms with Gasteiger partial charge in [-0.3, -0.25) is 9.63 Å². The maximum absolute atomic E-state index is 11.7. The van der Waals surface area contributed by atoms with E-state index >= 15 is 0 Å². The zero-order chi connectivity index (χ0) is 11.5. The summed E-state index contributed by atoms with van der Waals surface area (Å²) in [5.74, 6) is -0.236.